The first-order valence-electron chi connectivity index (χ1n) is 5.93. The van der Waals surface area contributed by atoms with Crippen molar-refractivity contribution in [1.29, 1.82) is 0 Å². The van der Waals surface area contributed by atoms with Crippen molar-refractivity contribution in [2.75, 3.05) is 6.54 Å². The Morgan fingerprint density at radius 2 is 1.83 bits per heavy atom. The lowest BCUT2D eigenvalue weighted by molar-refractivity contribution is 0.0903. The number of amides is 1. The predicted molar refractivity (Wildman–Crippen MR) is 84.1 cm³/mol. The zero-order valence-corrected chi connectivity index (χ0v) is 13.1. The highest BCUT2D eigenvalue weighted by Gasteiger charge is 2.33. The molecule has 1 aromatic carbocycles. The van der Waals surface area contributed by atoms with E-state index in [2.05, 4.69) is 27.9 Å². The van der Waals surface area contributed by atoms with Crippen LogP contribution in [0.3, 0.4) is 0 Å². The Morgan fingerprint density at radius 3 is 2.33 bits per heavy atom. The monoisotopic (exact) mass is 380 g/mol. The van der Waals surface area contributed by atoms with E-state index in [0.717, 1.165) is 29.3 Å². The normalized spacial score (nSPS) is 17.0. The second kappa shape index (κ2) is 6.73. The van der Waals surface area contributed by atoms with Crippen molar-refractivity contribution < 1.29 is 4.79 Å². The second-order valence-corrected chi connectivity index (χ2v) is 5.90. The van der Waals surface area contributed by atoms with Gasteiger partial charge in [0, 0.05) is 15.7 Å². The molecule has 100 valence electrons. The zero-order chi connectivity index (χ0) is 12.3. The summed E-state index contributed by atoms with van der Waals surface area (Å²) in [6.07, 6.45) is 4.31. The van der Waals surface area contributed by atoms with Crippen LogP contribution >= 0.6 is 35.0 Å². The van der Waals surface area contributed by atoms with Gasteiger partial charge in [0.2, 0.25) is 0 Å². The molecule has 1 aliphatic rings. The van der Waals surface area contributed by atoms with E-state index in [-0.39, 0.29) is 23.9 Å². The minimum atomic E-state index is -0.167. The Balaban J connectivity index is 0.00000162. The minimum absolute atomic E-state index is 0. The van der Waals surface area contributed by atoms with Gasteiger partial charge in [-0.3, -0.25) is 4.79 Å². The lowest BCUT2D eigenvalue weighted by atomic mass is 9.97. The van der Waals surface area contributed by atoms with E-state index in [0.29, 0.717) is 12.1 Å². The summed E-state index contributed by atoms with van der Waals surface area (Å²) in [7, 11) is 0. The maximum Gasteiger partial charge on any atom is 0.251 e. The largest absolute Gasteiger partial charge is 0.345 e. The van der Waals surface area contributed by atoms with Crippen molar-refractivity contribution in [2.45, 2.75) is 31.2 Å². The number of hydrogen-bond donors (Lipinski definition) is 2. The summed E-state index contributed by atoms with van der Waals surface area (Å²) < 4.78 is 1.13. The molecule has 0 unspecified atom stereocenters. The number of rotatable bonds is 3. The zero-order valence-electron chi connectivity index (χ0n) is 10.1. The first-order valence-corrected chi connectivity index (χ1v) is 7.01. The van der Waals surface area contributed by atoms with Gasteiger partial charge in [0.05, 0.1) is 5.54 Å². The van der Waals surface area contributed by atoms with Crippen molar-refractivity contribution in [2.24, 2.45) is 5.73 Å². The van der Waals surface area contributed by atoms with Gasteiger partial charge in [0.15, 0.2) is 0 Å². The van der Waals surface area contributed by atoms with E-state index in [1.165, 1.54) is 0 Å². The van der Waals surface area contributed by atoms with E-state index in [9.17, 15) is 4.79 Å². The molecule has 1 fully saturated rings. The van der Waals surface area contributed by atoms with Crippen LogP contribution in [0, 0.1) is 3.57 Å². The number of nitrogens with two attached hydrogens (primary N) is 1. The summed E-state index contributed by atoms with van der Waals surface area (Å²) in [5, 5.41) is 3.11. The van der Waals surface area contributed by atoms with E-state index in [4.69, 9.17) is 5.73 Å². The summed E-state index contributed by atoms with van der Waals surface area (Å²) in [6.45, 7) is 0.531. The maximum atomic E-state index is 12.1. The van der Waals surface area contributed by atoms with Gasteiger partial charge in [0.1, 0.15) is 0 Å². The molecule has 0 saturated heterocycles. The summed E-state index contributed by atoms with van der Waals surface area (Å²) in [5.74, 6) is -0.00579. The van der Waals surface area contributed by atoms with E-state index < -0.39 is 0 Å². The molecule has 1 saturated carbocycles. The number of carbonyl (C=O) groups is 1. The smallest absolute Gasteiger partial charge is 0.251 e. The molecule has 3 N–H and O–H groups in total. The molecular weight excluding hydrogens is 363 g/mol. The van der Waals surface area contributed by atoms with Crippen LogP contribution in [0.25, 0.3) is 0 Å². The molecule has 1 amide bonds. The van der Waals surface area contributed by atoms with Gasteiger partial charge in [-0.1, -0.05) is 12.8 Å². The lowest BCUT2D eigenvalue weighted by Crippen LogP contribution is -2.51. The third-order valence-electron chi connectivity index (χ3n) is 3.44. The summed E-state index contributed by atoms with van der Waals surface area (Å²) in [4.78, 5) is 12.1. The molecule has 2 rings (SSSR count). The molecule has 1 aromatic rings. The number of hydrogen-bond acceptors (Lipinski definition) is 2. The first kappa shape index (κ1) is 15.7. The van der Waals surface area contributed by atoms with Gasteiger partial charge in [-0.05, 0) is 59.7 Å². The molecule has 18 heavy (non-hydrogen) atoms. The summed E-state index contributed by atoms with van der Waals surface area (Å²) in [5.41, 5.74) is 6.35. The van der Waals surface area contributed by atoms with E-state index in [1.807, 2.05) is 24.3 Å². The maximum absolute atomic E-state index is 12.1. The molecule has 3 nitrogen and oxygen atoms in total. The third kappa shape index (κ3) is 3.59. The molecule has 0 heterocycles. The highest BCUT2D eigenvalue weighted by Crippen LogP contribution is 2.28. The fraction of sp³-hybridized carbons (Fsp3) is 0.462. The molecular formula is C13H18ClIN2O. The number of nitrogens with one attached hydrogen (secondary N) is 1. The van der Waals surface area contributed by atoms with Crippen LogP contribution in [0.2, 0.25) is 0 Å². The van der Waals surface area contributed by atoms with Gasteiger partial charge < -0.3 is 11.1 Å². The highest BCUT2D eigenvalue weighted by molar-refractivity contribution is 14.1. The van der Waals surface area contributed by atoms with Gasteiger partial charge in [-0.2, -0.15) is 0 Å². The highest BCUT2D eigenvalue weighted by atomic mass is 127. The van der Waals surface area contributed by atoms with Crippen molar-refractivity contribution in [1.82, 2.24) is 5.32 Å². The fourth-order valence-corrected chi connectivity index (χ4v) is 2.71. The number of halogens is 2. The molecule has 0 radical (unpaired) electrons. The second-order valence-electron chi connectivity index (χ2n) is 4.65. The average Bonchev–Trinajstić information content (AvgIpc) is 2.79. The lowest BCUT2D eigenvalue weighted by Gasteiger charge is -2.28. The van der Waals surface area contributed by atoms with Crippen LogP contribution in [0.5, 0.6) is 0 Å². The van der Waals surface area contributed by atoms with Crippen LogP contribution in [-0.2, 0) is 0 Å². The van der Waals surface area contributed by atoms with Gasteiger partial charge in [-0.25, -0.2) is 0 Å². The third-order valence-corrected chi connectivity index (χ3v) is 4.16. The topological polar surface area (TPSA) is 55.1 Å². The predicted octanol–water partition coefficient (Wildman–Crippen LogP) is 2.71. The van der Waals surface area contributed by atoms with Crippen LogP contribution in [0.4, 0.5) is 0 Å². The van der Waals surface area contributed by atoms with Crippen molar-refractivity contribution >= 4 is 40.9 Å². The van der Waals surface area contributed by atoms with E-state index in [1.54, 1.807) is 0 Å². The van der Waals surface area contributed by atoms with Crippen LogP contribution in [0.1, 0.15) is 36.0 Å². The van der Waals surface area contributed by atoms with Crippen LogP contribution in [0.15, 0.2) is 24.3 Å². The Labute approximate surface area is 127 Å². The van der Waals surface area contributed by atoms with Crippen molar-refractivity contribution in [3.63, 3.8) is 0 Å². The molecule has 5 heteroatoms. The van der Waals surface area contributed by atoms with Gasteiger partial charge in [-0.15, -0.1) is 12.4 Å². The molecule has 0 spiro atoms. The van der Waals surface area contributed by atoms with Gasteiger partial charge >= 0.3 is 0 Å². The molecule has 1 aliphatic carbocycles. The first-order chi connectivity index (χ1) is 8.15. The summed E-state index contributed by atoms with van der Waals surface area (Å²) >= 11 is 2.23. The Hall–Kier alpha value is -0.330. The fourth-order valence-electron chi connectivity index (χ4n) is 2.35. The summed E-state index contributed by atoms with van der Waals surface area (Å²) in [6, 6.07) is 7.60. The van der Waals surface area contributed by atoms with Crippen LogP contribution in [-0.4, -0.2) is 18.0 Å². The number of carbonyl (C=O) groups excluding carboxylic acids is 1. The SMILES string of the molecule is Cl.NCC1(NC(=O)c2ccc(I)cc2)CCCC1. The molecule has 0 aliphatic heterocycles. The minimum Gasteiger partial charge on any atom is -0.345 e. The quantitative estimate of drug-likeness (QED) is 0.792. The van der Waals surface area contributed by atoms with E-state index >= 15 is 0 Å². The molecule has 0 aromatic heterocycles. The van der Waals surface area contributed by atoms with Crippen LogP contribution < -0.4 is 11.1 Å². The Morgan fingerprint density at radius 1 is 1.28 bits per heavy atom. The molecule has 0 atom stereocenters. The Bertz CT molecular complexity index is 402. The average molecular weight is 381 g/mol. The van der Waals surface area contributed by atoms with Crippen molar-refractivity contribution in [3.05, 3.63) is 33.4 Å². The molecule has 0 bridgehead atoms. The number of benzene rings is 1. The Kier molecular flexibility index (Phi) is 5.88. The van der Waals surface area contributed by atoms with Gasteiger partial charge in [0.25, 0.3) is 5.91 Å². The van der Waals surface area contributed by atoms with Crippen molar-refractivity contribution in [3.8, 4) is 0 Å². The standard InChI is InChI=1S/C13H17IN2O.ClH/c14-11-5-3-10(4-6-11)12(17)16-13(9-15)7-1-2-8-13;/h3-6H,1-2,7-9,15H2,(H,16,17);1H.